The highest BCUT2D eigenvalue weighted by Gasteiger charge is 2.48. The van der Waals surface area contributed by atoms with E-state index in [0.717, 1.165) is 4.90 Å². The van der Waals surface area contributed by atoms with Crippen molar-refractivity contribution < 1.29 is 42.7 Å². The van der Waals surface area contributed by atoms with Crippen molar-refractivity contribution in [2.75, 3.05) is 6.61 Å². The van der Waals surface area contributed by atoms with E-state index >= 15 is 0 Å². The molecule has 4 N–H and O–H groups in total. The number of nitrogens with one attached hydrogen (secondary N) is 1. The zero-order valence-corrected chi connectivity index (χ0v) is 12.7. The Labute approximate surface area is 129 Å². The molecule has 0 aromatic heterocycles. The number of thiol groups is 1. The van der Waals surface area contributed by atoms with Gasteiger partial charge in [0.2, 0.25) is 6.17 Å². The van der Waals surface area contributed by atoms with E-state index in [1.165, 1.54) is 0 Å². The monoisotopic (exact) mass is 360 g/mol. The number of phosphoric ester groups is 1. The van der Waals surface area contributed by atoms with Gasteiger partial charge in [-0.3, -0.25) is 19.5 Å². The van der Waals surface area contributed by atoms with E-state index in [-0.39, 0.29) is 6.42 Å². The molecule has 2 aliphatic rings. The molecule has 2 heterocycles. The quantitative estimate of drug-likeness (QED) is 0.308. The standard InChI is InChI=1S/C9H14FN2O8PS/c10-6-7(14)11-9(15)12(8(6)22)5-1-3(13)4(20-5)2-19-21(16,17)18/h3-6,8,13,22H,1-2H2,(H,11,14,15)(H2,16,17,18)/t3-,4+,5+,6?,8-/m0/s1. The van der Waals surface area contributed by atoms with E-state index in [4.69, 9.17) is 14.5 Å². The number of aliphatic hydroxyl groups is 1. The van der Waals surface area contributed by atoms with Crippen LogP contribution in [0.25, 0.3) is 0 Å². The molecule has 0 aromatic rings. The number of rotatable bonds is 4. The predicted molar refractivity (Wildman–Crippen MR) is 70.3 cm³/mol. The van der Waals surface area contributed by atoms with Crippen LogP contribution in [-0.4, -0.2) is 68.3 Å². The van der Waals surface area contributed by atoms with Gasteiger partial charge in [-0.1, -0.05) is 0 Å². The normalized spacial score (nSPS) is 36.6. The second-order valence-corrected chi connectivity index (χ2v) is 6.50. The van der Waals surface area contributed by atoms with Crippen molar-refractivity contribution in [2.24, 2.45) is 0 Å². The minimum Gasteiger partial charge on any atom is -0.390 e. The van der Waals surface area contributed by atoms with Crippen LogP contribution in [0, 0.1) is 0 Å². The summed E-state index contributed by atoms with van der Waals surface area (Å²) in [5.74, 6) is -1.12. The van der Waals surface area contributed by atoms with Crippen LogP contribution in [-0.2, 0) is 18.6 Å². The van der Waals surface area contributed by atoms with Crippen LogP contribution in [0.4, 0.5) is 9.18 Å². The molecule has 2 rings (SSSR count). The highest BCUT2D eigenvalue weighted by molar-refractivity contribution is 7.81. The topological polar surface area (TPSA) is 146 Å². The third-order valence-corrected chi connectivity index (χ3v) is 4.18. The van der Waals surface area contributed by atoms with E-state index in [1.807, 2.05) is 0 Å². The third kappa shape index (κ3) is 3.77. The first-order valence-corrected chi connectivity index (χ1v) is 8.13. The molecule has 126 valence electrons. The van der Waals surface area contributed by atoms with Crippen molar-refractivity contribution in [1.82, 2.24) is 10.2 Å². The average Bonchev–Trinajstić information content (AvgIpc) is 2.74. The van der Waals surface area contributed by atoms with Gasteiger partial charge in [0.15, 0.2) is 0 Å². The third-order valence-electron chi connectivity index (χ3n) is 3.18. The van der Waals surface area contributed by atoms with Crippen molar-refractivity contribution in [3.05, 3.63) is 0 Å². The minimum absolute atomic E-state index is 0.152. The number of phosphoric acid groups is 1. The Morgan fingerprint density at radius 3 is 2.73 bits per heavy atom. The Morgan fingerprint density at radius 2 is 2.14 bits per heavy atom. The summed E-state index contributed by atoms with van der Waals surface area (Å²) in [7, 11) is -4.74. The summed E-state index contributed by atoms with van der Waals surface area (Å²) in [4.78, 5) is 40.9. The first-order chi connectivity index (χ1) is 10.1. The molecular weight excluding hydrogens is 346 g/mol. The molecule has 3 amide bonds. The lowest BCUT2D eigenvalue weighted by atomic mass is 10.1. The smallest absolute Gasteiger partial charge is 0.390 e. The molecule has 0 aromatic carbocycles. The summed E-state index contributed by atoms with van der Waals surface area (Å²) < 4.78 is 33.7. The van der Waals surface area contributed by atoms with Crippen molar-refractivity contribution in [1.29, 1.82) is 0 Å². The molecule has 5 atom stereocenters. The molecule has 2 fully saturated rings. The highest BCUT2D eigenvalue weighted by Crippen LogP contribution is 2.37. The van der Waals surface area contributed by atoms with E-state index in [9.17, 15) is 23.7 Å². The van der Waals surface area contributed by atoms with Crippen LogP contribution < -0.4 is 5.32 Å². The Balaban J connectivity index is 2.03. The number of amides is 3. The van der Waals surface area contributed by atoms with Crippen LogP contribution in [0.3, 0.4) is 0 Å². The number of carbonyl (C=O) groups excluding carboxylic acids is 2. The zero-order valence-electron chi connectivity index (χ0n) is 10.9. The van der Waals surface area contributed by atoms with Crippen LogP contribution >= 0.6 is 20.5 Å². The number of halogens is 1. The number of hydrogen-bond donors (Lipinski definition) is 5. The molecular formula is C9H14FN2O8PS. The number of urea groups is 1. The maximum absolute atomic E-state index is 13.6. The minimum atomic E-state index is -4.74. The van der Waals surface area contributed by atoms with Crippen molar-refractivity contribution in [3.63, 3.8) is 0 Å². The second kappa shape index (κ2) is 6.40. The summed E-state index contributed by atoms with van der Waals surface area (Å²) in [5, 5.41) is 10.2. The molecule has 10 nitrogen and oxygen atoms in total. The molecule has 22 heavy (non-hydrogen) atoms. The Morgan fingerprint density at radius 1 is 1.50 bits per heavy atom. The van der Waals surface area contributed by atoms with Crippen molar-refractivity contribution in [2.45, 2.75) is 36.4 Å². The molecule has 0 spiro atoms. The molecule has 0 radical (unpaired) electrons. The van der Waals surface area contributed by atoms with Gasteiger partial charge in [0.05, 0.1) is 12.7 Å². The first-order valence-electron chi connectivity index (χ1n) is 6.09. The van der Waals surface area contributed by atoms with Crippen LogP contribution in [0.1, 0.15) is 6.42 Å². The Bertz CT molecular complexity index is 518. The summed E-state index contributed by atoms with van der Waals surface area (Å²) >= 11 is 3.85. The molecule has 0 bridgehead atoms. The summed E-state index contributed by atoms with van der Waals surface area (Å²) in [6, 6.07) is -0.937. The van der Waals surface area contributed by atoms with Crippen LogP contribution in [0.5, 0.6) is 0 Å². The van der Waals surface area contributed by atoms with E-state index in [0.29, 0.717) is 0 Å². The lowest BCUT2D eigenvalue weighted by Gasteiger charge is -2.37. The van der Waals surface area contributed by atoms with Gasteiger partial charge in [-0.15, -0.1) is 0 Å². The molecule has 0 aliphatic carbocycles. The molecule has 2 saturated heterocycles. The van der Waals surface area contributed by atoms with Crippen molar-refractivity contribution >= 4 is 32.4 Å². The fourth-order valence-electron chi connectivity index (χ4n) is 2.14. The number of imide groups is 1. The van der Waals surface area contributed by atoms with Gasteiger partial charge >= 0.3 is 13.9 Å². The van der Waals surface area contributed by atoms with E-state index < -0.39 is 56.3 Å². The van der Waals surface area contributed by atoms with Gasteiger partial charge in [0.25, 0.3) is 5.91 Å². The summed E-state index contributed by atoms with van der Waals surface area (Å²) in [6.07, 6.45) is -5.66. The lowest BCUT2D eigenvalue weighted by molar-refractivity contribution is -0.131. The molecule has 0 saturated carbocycles. The van der Waals surface area contributed by atoms with Gasteiger partial charge in [-0.2, -0.15) is 12.6 Å². The number of hydrogen-bond acceptors (Lipinski definition) is 7. The average molecular weight is 360 g/mol. The van der Waals surface area contributed by atoms with E-state index in [1.54, 1.807) is 5.32 Å². The van der Waals surface area contributed by atoms with Crippen LogP contribution in [0.15, 0.2) is 0 Å². The SMILES string of the molecule is O=C1NC(=O)N([C@H]2C[C@H](O)[C@@H](COP(=O)(O)O)O2)[C@@H](S)C1F. The predicted octanol–water partition coefficient (Wildman–Crippen LogP) is -1.28. The van der Waals surface area contributed by atoms with Gasteiger partial charge in [0, 0.05) is 6.42 Å². The Hall–Kier alpha value is -0.750. The number of alkyl halides is 1. The lowest BCUT2D eigenvalue weighted by Crippen LogP contribution is -2.62. The summed E-state index contributed by atoms with van der Waals surface area (Å²) in [6.45, 7) is -0.618. The molecule has 13 heteroatoms. The number of aliphatic hydroxyl groups excluding tert-OH is 1. The van der Waals surface area contributed by atoms with Gasteiger partial charge < -0.3 is 19.6 Å². The molecule has 1 unspecified atom stereocenters. The highest BCUT2D eigenvalue weighted by atomic mass is 32.1. The number of carbonyl (C=O) groups is 2. The van der Waals surface area contributed by atoms with Gasteiger partial charge in [-0.05, 0) is 0 Å². The van der Waals surface area contributed by atoms with Gasteiger partial charge in [0.1, 0.15) is 17.7 Å². The van der Waals surface area contributed by atoms with Crippen LogP contribution in [0.2, 0.25) is 0 Å². The maximum atomic E-state index is 13.6. The second-order valence-electron chi connectivity index (χ2n) is 4.74. The van der Waals surface area contributed by atoms with Crippen molar-refractivity contribution in [3.8, 4) is 0 Å². The fraction of sp³-hybridized carbons (Fsp3) is 0.778. The fourth-order valence-corrected chi connectivity index (χ4v) is 2.87. The number of ether oxygens (including phenoxy) is 1. The largest absolute Gasteiger partial charge is 0.469 e. The molecule has 2 aliphatic heterocycles. The van der Waals surface area contributed by atoms with E-state index in [2.05, 4.69) is 17.2 Å². The first kappa shape index (κ1) is 17.6. The maximum Gasteiger partial charge on any atom is 0.469 e. The number of nitrogens with zero attached hydrogens (tertiary/aromatic N) is 1. The zero-order chi connectivity index (χ0) is 16.7. The Kier molecular flexibility index (Phi) is 5.12. The van der Waals surface area contributed by atoms with Gasteiger partial charge in [-0.25, -0.2) is 13.8 Å². The summed E-state index contributed by atoms with van der Waals surface area (Å²) in [5.41, 5.74) is 0.